The number of hydrogen-bond donors (Lipinski definition) is 1. The molecule has 2 heterocycles. The zero-order valence-corrected chi connectivity index (χ0v) is 10.2. The van der Waals surface area contributed by atoms with Crippen LogP contribution in [0.5, 0.6) is 0 Å². The molecule has 90 valence electrons. The van der Waals surface area contributed by atoms with Crippen LogP contribution in [0.2, 0.25) is 0 Å². The number of nitrogens with one attached hydrogen (secondary N) is 1. The highest BCUT2D eigenvalue weighted by Gasteiger charge is 2.41. The second-order valence-corrected chi connectivity index (χ2v) is 5.16. The fourth-order valence-corrected chi connectivity index (χ4v) is 3.27. The molecule has 0 unspecified atom stereocenters. The predicted octanol–water partition coefficient (Wildman–Crippen LogP) is 2.24. The molecule has 0 spiro atoms. The summed E-state index contributed by atoms with van der Waals surface area (Å²) in [7, 11) is 0. The summed E-state index contributed by atoms with van der Waals surface area (Å²) in [6.07, 6.45) is 4.00. The van der Waals surface area contributed by atoms with E-state index in [1.165, 1.54) is 18.5 Å². The van der Waals surface area contributed by atoms with Gasteiger partial charge in [0.25, 0.3) is 0 Å². The maximum Gasteiger partial charge on any atom is 0.0635 e. The summed E-state index contributed by atoms with van der Waals surface area (Å²) < 4.78 is 0. The minimum atomic E-state index is 0.568. The van der Waals surface area contributed by atoms with Crippen LogP contribution in [0.1, 0.15) is 12.0 Å². The number of rotatable bonds is 3. The minimum absolute atomic E-state index is 0.568. The van der Waals surface area contributed by atoms with Crippen molar-refractivity contribution >= 4 is 0 Å². The molecule has 3 rings (SSSR count). The Balaban J connectivity index is 1.69. The van der Waals surface area contributed by atoms with Gasteiger partial charge in [-0.15, -0.1) is 6.58 Å². The second kappa shape index (κ2) is 4.63. The van der Waals surface area contributed by atoms with Gasteiger partial charge in [0.15, 0.2) is 0 Å². The molecule has 0 aliphatic carbocycles. The third-order valence-electron chi connectivity index (χ3n) is 4.19. The summed E-state index contributed by atoms with van der Waals surface area (Å²) in [6.45, 7) is 7.33. The summed E-state index contributed by atoms with van der Waals surface area (Å²) in [5, 5.41) is 3.64. The average Bonchev–Trinajstić information content (AvgIpc) is 2.93. The number of hydrogen-bond acceptors (Lipinski definition) is 2. The molecule has 3 atom stereocenters. The van der Waals surface area contributed by atoms with E-state index in [0.29, 0.717) is 12.1 Å². The standard InChI is InChI=1S/C15H20N2/c1-2-13-10-16-15-14(13)8-9-17(15)11-12-6-4-3-5-7-12/h2-7,13-16H,1,8-11H2/t13-,14+,15+/m1/s1. The van der Waals surface area contributed by atoms with E-state index in [4.69, 9.17) is 0 Å². The number of nitrogens with zero attached hydrogens (tertiary/aromatic N) is 1. The normalized spacial score (nSPS) is 32.6. The predicted molar refractivity (Wildman–Crippen MR) is 70.4 cm³/mol. The van der Waals surface area contributed by atoms with Gasteiger partial charge >= 0.3 is 0 Å². The molecule has 2 fully saturated rings. The van der Waals surface area contributed by atoms with E-state index in [9.17, 15) is 0 Å². The Morgan fingerprint density at radius 1 is 1.35 bits per heavy atom. The summed E-state index contributed by atoms with van der Waals surface area (Å²) in [4.78, 5) is 2.57. The maximum absolute atomic E-state index is 3.95. The lowest BCUT2D eigenvalue weighted by Crippen LogP contribution is -2.39. The Labute approximate surface area is 103 Å². The summed E-state index contributed by atoms with van der Waals surface area (Å²) in [5.41, 5.74) is 1.41. The Morgan fingerprint density at radius 3 is 2.94 bits per heavy atom. The molecule has 2 nitrogen and oxygen atoms in total. The van der Waals surface area contributed by atoms with Crippen molar-refractivity contribution in [2.24, 2.45) is 11.8 Å². The van der Waals surface area contributed by atoms with Crippen LogP contribution in [0, 0.1) is 11.8 Å². The SMILES string of the molecule is C=C[C@@H]1CN[C@@H]2[C@H]1CCN2Cc1ccccc1. The summed E-state index contributed by atoms with van der Waals surface area (Å²) in [6, 6.07) is 10.8. The van der Waals surface area contributed by atoms with E-state index in [-0.39, 0.29) is 0 Å². The molecule has 2 aliphatic rings. The Hall–Kier alpha value is -1.12. The van der Waals surface area contributed by atoms with Crippen LogP contribution >= 0.6 is 0 Å². The third-order valence-corrected chi connectivity index (χ3v) is 4.19. The summed E-state index contributed by atoms with van der Waals surface area (Å²) in [5.74, 6) is 1.44. The molecular weight excluding hydrogens is 208 g/mol. The smallest absolute Gasteiger partial charge is 0.0635 e. The first-order valence-electron chi connectivity index (χ1n) is 6.52. The van der Waals surface area contributed by atoms with Gasteiger partial charge in [0.2, 0.25) is 0 Å². The Kier molecular flexibility index (Phi) is 3.00. The highest BCUT2D eigenvalue weighted by molar-refractivity contribution is 5.15. The fourth-order valence-electron chi connectivity index (χ4n) is 3.27. The molecule has 0 saturated carbocycles. The second-order valence-electron chi connectivity index (χ2n) is 5.16. The number of fused-ring (bicyclic) bond motifs is 1. The van der Waals surface area contributed by atoms with E-state index in [0.717, 1.165) is 19.0 Å². The van der Waals surface area contributed by atoms with E-state index < -0.39 is 0 Å². The molecule has 2 aliphatic heterocycles. The molecule has 1 aromatic rings. The first-order chi connectivity index (χ1) is 8.38. The van der Waals surface area contributed by atoms with Gasteiger partial charge < -0.3 is 5.32 Å². The van der Waals surface area contributed by atoms with Crippen LogP contribution in [-0.2, 0) is 6.54 Å². The molecule has 0 radical (unpaired) electrons. The van der Waals surface area contributed by atoms with Crippen molar-refractivity contribution in [1.82, 2.24) is 10.2 Å². The van der Waals surface area contributed by atoms with Gasteiger partial charge in [-0.05, 0) is 23.8 Å². The zero-order valence-electron chi connectivity index (χ0n) is 10.2. The number of benzene rings is 1. The van der Waals surface area contributed by atoms with Crippen LogP contribution < -0.4 is 5.32 Å². The van der Waals surface area contributed by atoms with Gasteiger partial charge in [0.05, 0.1) is 6.17 Å². The zero-order chi connectivity index (χ0) is 11.7. The fraction of sp³-hybridized carbons (Fsp3) is 0.467. The molecule has 17 heavy (non-hydrogen) atoms. The molecule has 0 aromatic heterocycles. The van der Waals surface area contributed by atoms with Crippen LogP contribution in [0.15, 0.2) is 43.0 Å². The van der Waals surface area contributed by atoms with E-state index in [2.05, 4.69) is 53.2 Å². The molecule has 2 heteroatoms. The van der Waals surface area contributed by atoms with Crippen molar-refractivity contribution in [3.05, 3.63) is 48.6 Å². The van der Waals surface area contributed by atoms with E-state index in [1.54, 1.807) is 0 Å². The van der Waals surface area contributed by atoms with Gasteiger partial charge in [0.1, 0.15) is 0 Å². The monoisotopic (exact) mass is 228 g/mol. The lowest BCUT2D eigenvalue weighted by atomic mass is 9.94. The molecule has 0 amide bonds. The first-order valence-corrected chi connectivity index (χ1v) is 6.52. The number of likely N-dealkylation sites (tertiary alicyclic amines) is 1. The van der Waals surface area contributed by atoms with Crippen molar-refractivity contribution < 1.29 is 0 Å². The van der Waals surface area contributed by atoms with Crippen molar-refractivity contribution in [1.29, 1.82) is 0 Å². The quantitative estimate of drug-likeness (QED) is 0.798. The topological polar surface area (TPSA) is 15.3 Å². The first kappa shape index (κ1) is 11.0. The largest absolute Gasteiger partial charge is 0.301 e. The minimum Gasteiger partial charge on any atom is -0.301 e. The van der Waals surface area contributed by atoms with E-state index in [1.807, 2.05) is 0 Å². The highest BCUT2D eigenvalue weighted by atomic mass is 15.3. The van der Waals surface area contributed by atoms with Gasteiger partial charge in [-0.2, -0.15) is 0 Å². The highest BCUT2D eigenvalue weighted by Crippen LogP contribution is 2.34. The van der Waals surface area contributed by atoms with Gasteiger partial charge in [0, 0.05) is 19.6 Å². The van der Waals surface area contributed by atoms with Crippen molar-refractivity contribution in [2.45, 2.75) is 19.1 Å². The van der Waals surface area contributed by atoms with Gasteiger partial charge in [-0.1, -0.05) is 36.4 Å². The van der Waals surface area contributed by atoms with Crippen molar-refractivity contribution in [3.8, 4) is 0 Å². The van der Waals surface area contributed by atoms with Crippen LogP contribution in [0.25, 0.3) is 0 Å². The van der Waals surface area contributed by atoms with Crippen LogP contribution in [-0.4, -0.2) is 24.2 Å². The van der Waals surface area contributed by atoms with Gasteiger partial charge in [-0.3, -0.25) is 4.90 Å². The summed E-state index contributed by atoms with van der Waals surface area (Å²) >= 11 is 0. The lowest BCUT2D eigenvalue weighted by molar-refractivity contribution is 0.210. The lowest BCUT2D eigenvalue weighted by Gasteiger charge is -2.24. The van der Waals surface area contributed by atoms with E-state index >= 15 is 0 Å². The van der Waals surface area contributed by atoms with Crippen molar-refractivity contribution in [2.75, 3.05) is 13.1 Å². The van der Waals surface area contributed by atoms with Crippen LogP contribution in [0.4, 0.5) is 0 Å². The molecule has 2 saturated heterocycles. The molecule has 1 aromatic carbocycles. The third kappa shape index (κ3) is 2.03. The maximum atomic E-state index is 3.95. The molecule has 1 N–H and O–H groups in total. The molecule has 0 bridgehead atoms. The molecular formula is C15H20N2. The Bertz CT molecular complexity index is 387. The van der Waals surface area contributed by atoms with Crippen LogP contribution in [0.3, 0.4) is 0 Å². The van der Waals surface area contributed by atoms with Gasteiger partial charge in [-0.25, -0.2) is 0 Å². The van der Waals surface area contributed by atoms with Crippen molar-refractivity contribution in [3.63, 3.8) is 0 Å². The average molecular weight is 228 g/mol. The Morgan fingerprint density at radius 2 is 2.18 bits per heavy atom.